The molecule has 5 aliphatic rings. The summed E-state index contributed by atoms with van der Waals surface area (Å²) in [6.07, 6.45) is 5.95. The van der Waals surface area contributed by atoms with Gasteiger partial charge in [-0.15, -0.1) is 0 Å². The lowest BCUT2D eigenvalue weighted by Gasteiger charge is -2.43. The monoisotopic (exact) mass is 846 g/mol. The van der Waals surface area contributed by atoms with E-state index < -0.39 is 12.2 Å². The van der Waals surface area contributed by atoms with E-state index in [0.29, 0.717) is 82.4 Å². The maximum atomic E-state index is 14.2. The molecule has 0 aromatic heterocycles. The SMILES string of the molecule is C.Cc1cc(C[C@@H](OC(=O)N2CCC(N3CCc4ccccc4NC3=O)CC2)C(=O)N2CCN(C3CCN(CCC(=O)OCC(=O)N4CCCCC4)CC3)CC2)cc(C)c1O. The average molecular weight is 846 g/mol. The first-order valence-electron chi connectivity index (χ1n) is 22.1. The first kappa shape index (κ1) is 45.6. The zero-order chi connectivity index (χ0) is 42.2. The Labute approximate surface area is 361 Å². The van der Waals surface area contributed by atoms with Crippen LogP contribution in [0.5, 0.6) is 5.75 Å². The van der Waals surface area contributed by atoms with Gasteiger partial charge in [0.25, 0.3) is 11.8 Å². The van der Waals surface area contributed by atoms with E-state index in [1.165, 1.54) is 0 Å². The summed E-state index contributed by atoms with van der Waals surface area (Å²) in [6, 6.07) is 11.8. The number of carbonyl (C=O) groups is 5. The number of ether oxygens (including phenoxy) is 2. The summed E-state index contributed by atoms with van der Waals surface area (Å²) >= 11 is 0. The number of amides is 5. The van der Waals surface area contributed by atoms with Gasteiger partial charge in [-0.3, -0.25) is 19.3 Å². The molecule has 61 heavy (non-hydrogen) atoms. The quantitative estimate of drug-likeness (QED) is 0.302. The smallest absolute Gasteiger partial charge is 0.410 e. The number of hydrogen-bond donors (Lipinski definition) is 2. The summed E-state index contributed by atoms with van der Waals surface area (Å²) in [6.45, 7) is 11.2. The van der Waals surface area contributed by atoms with Gasteiger partial charge in [0.15, 0.2) is 12.7 Å². The van der Waals surface area contributed by atoms with Gasteiger partial charge in [-0.05, 0) is 107 Å². The summed E-state index contributed by atoms with van der Waals surface area (Å²) in [5, 5.41) is 13.5. The third kappa shape index (κ3) is 11.7. The van der Waals surface area contributed by atoms with Crippen molar-refractivity contribution in [3.8, 4) is 5.75 Å². The number of para-hydroxylation sites is 1. The topological polar surface area (TPSA) is 156 Å². The number of carbonyl (C=O) groups excluding carboxylic acids is 5. The van der Waals surface area contributed by atoms with Crippen LogP contribution in [0.25, 0.3) is 0 Å². The molecule has 4 saturated heterocycles. The summed E-state index contributed by atoms with van der Waals surface area (Å²) in [7, 11) is 0. The molecule has 15 heteroatoms. The van der Waals surface area contributed by atoms with Gasteiger partial charge >= 0.3 is 18.1 Å². The van der Waals surface area contributed by atoms with Gasteiger partial charge in [0, 0.05) is 89.6 Å². The Morgan fingerprint density at radius 2 is 1.44 bits per heavy atom. The summed E-state index contributed by atoms with van der Waals surface area (Å²) in [4.78, 5) is 77.8. The third-order valence-electron chi connectivity index (χ3n) is 13.2. The molecule has 2 aromatic carbocycles. The molecule has 2 aromatic rings. The predicted octanol–water partition coefficient (Wildman–Crippen LogP) is 4.80. The molecule has 2 N–H and O–H groups in total. The number of phenols is 1. The van der Waals surface area contributed by atoms with Gasteiger partial charge in [0.1, 0.15) is 5.75 Å². The minimum atomic E-state index is -1.03. The molecular weight excluding hydrogens is 779 g/mol. The van der Waals surface area contributed by atoms with Crippen LogP contribution in [0.1, 0.15) is 81.0 Å². The molecule has 0 aliphatic carbocycles. The number of nitrogens with zero attached hydrogens (tertiary/aromatic N) is 6. The number of aromatic hydroxyl groups is 1. The molecule has 1 atom stereocenters. The number of fused-ring (bicyclic) bond motifs is 1. The van der Waals surface area contributed by atoms with Gasteiger partial charge in [-0.25, -0.2) is 9.59 Å². The minimum absolute atomic E-state index is 0. The fourth-order valence-corrected chi connectivity index (χ4v) is 9.57. The molecule has 5 amide bonds. The van der Waals surface area contributed by atoms with E-state index in [1.807, 2.05) is 60.0 Å². The number of aryl methyl sites for hydroxylation is 2. The number of urea groups is 1. The van der Waals surface area contributed by atoms with Crippen molar-refractivity contribution in [1.82, 2.24) is 29.4 Å². The van der Waals surface area contributed by atoms with Crippen molar-refractivity contribution in [2.45, 2.75) is 104 Å². The summed E-state index contributed by atoms with van der Waals surface area (Å²) in [5.41, 5.74) is 4.16. The van der Waals surface area contributed by atoms with Crippen LogP contribution in [0.4, 0.5) is 15.3 Å². The van der Waals surface area contributed by atoms with Gasteiger partial charge < -0.3 is 44.4 Å². The lowest BCUT2D eigenvalue weighted by molar-refractivity contribution is -0.152. The van der Waals surface area contributed by atoms with Crippen molar-refractivity contribution in [2.24, 2.45) is 0 Å². The van der Waals surface area contributed by atoms with Crippen LogP contribution in [0.3, 0.4) is 0 Å². The molecule has 0 unspecified atom stereocenters. The molecule has 0 spiro atoms. The van der Waals surface area contributed by atoms with Crippen LogP contribution in [0.2, 0.25) is 0 Å². The first-order valence-corrected chi connectivity index (χ1v) is 22.1. The van der Waals surface area contributed by atoms with Gasteiger partial charge in [0.2, 0.25) is 0 Å². The van der Waals surface area contributed by atoms with E-state index in [9.17, 15) is 29.1 Å². The number of hydrogen-bond acceptors (Lipinski definition) is 10. The van der Waals surface area contributed by atoms with Gasteiger partial charge in [-0.1, -0.05) is 37.8 Å². The largest absolute Gasteiger partial charge is 0.507 e. The highest BCUT2D eigenvalue weighted by molar-refractivity contribution is 5.91. The second-order valence-electron chi connectivity index (χ2n) is 17.2. The lowest BCUT2D eigenvalue weighted by Crippen LogP contribution is -2.56. The Hall–Kier alpha value is -4.89. The standard InChI is InChI=1S/C45H63N7O8.CH4/c1-32-28-34(29-33(2)42(32)55)30-39(60-45(58)51-21-13-37(14-22-51)52-23-10-35-8-4-5-9-38(35)46-44(52)57)43(56)50-26-24-48(25-27-50)36-11-18-47(19-12-36)20-15-41(54)59-31-40(53)49-16-6-3-7-17-49;/h4-5,8-9,28-29,36-37,39,55H,3,6-7,10-27,30-31H2,1-2H3,(H,46,57);1H4/t39-;/m1./s1. The zero-order valence-electron chi connectivity index (χ0n) is 35.4. The number of esters is 1. The van der Waals surface area contributed by atoms with Crippen molar-refractivity contribution in [3.63, 3.8) is 0 Å². The van der Waals surface area contributed by atoms with Gasteiger partial charge in [-0.2, -0.15) is 0 Å². The highest BCUT2D eigenvalue weighted by Crippen LogP contribution is 2.27. The molecule has 5 aliphatic heterocycles. The molecule has 0 saturated carbocycles. The number of rotatable bonds is 11. The van der Waals surface area contributed by atoms with Crippen LogP contribution in [-0.2, 0) is 36.7 Å². The summed E-state index contributed by atoms with van der Waals surface area (Å²) in [5.74, 6) is -0.450. The van der Waals surface area contributed by atoms with Gasteiger partial charge in [0.05, 0.1) is 6.42 Å². The van der Waals surface area contributed by atoms with Crippen molar-refractivity contribution in [2.75, 3.05) is 90.5 Å². The fraction of sp³-hybridized carbons (Fsp3) is 0.630. The Kier molecular flexibility index (Phi) is 15.9. The maximum absolute atomic E-state index is 14.2. The molecule has 0 bridgehead atoms. The summed E-state index contributed by atoms with van der Waals surface area (Å²) < 4.78 is 11.4. The van der Waals surface area contributed by atoms with Crippen LogP contribution >= 0.6 is 0 Å². The number of phenolic OH excluding ortho intramolecular Hbond substituents is 1. The number of anilines is 1. The molecule has 15 nitrogen and oxygen atoms in total. The fourth-order valence-electron chi connectivity index (χ4n) is 9.57. The van der Waals surface area contributed by atoms with Crippen LogP contribution in [-0.4, -0.2) is 168 Å². The van der Waals surface area contributed by atoms with Crippen molar-refractivity contribution >= 4 is 35.6 Å². The van der Waals surface area contributed by atoms with Crippen LogP contribution in [0, 0.1) is 13.8 Å². The van der Waals surface area contributed by atoms with Crippen LogP contribution < -0.4 is 5.32 Å². The normalized spacial score (nSPS) is 20.2. The third-order valence-corrected chi connectivity index (χ3v) is 13.2. The predicted molar refractivity (Wildman–Crippen MR) is 232 cm³/mol. The average Bonchev–Trinajstić information content (AvgIpc) is 3.44. The van der Waals surface area contributed by atoms with Crippen molar-refractivity contribution in [1.29, 1.82) is 0 Å². The van der Waals surface area contributed by atoms with E-state index in [0.717, 1.165) is 81.5 Å². The number of piperidine rings is 3. The molecule has 7 rings (SSSR count). The second-order valence-corrected chi connectivity index (χ2v) is 17.2. The Bertz CT molecular complexity index is 1820. The highest BCUT2D eigenvalue weighted by Gasteiger charge is 2.37. The van der Waals surface area contributed by atoms with E-state index in [1.54, 1.807) is 9.80 Å². The molecule has 4 fully saturated rings. The Morgan fingerprint density at radius 3 is 2.13 bits per heavy atom. The number of nitrogens with one attached hydrogen (secondary N) is 1. The minimum Gasteiger partial charge on any atom is -0.507 e. The molecular formula is C46H67N7O8. The maximum Gasteiger partial charge on any atom is 0.410 e. The van der Waals surface area contributed by atoms with Crippen molar-refractivity contribution in [3.05, 3.63) is 58.7 Å². The second kappa shape index (κ2) is 21.3. The lowest BCUT2D eigenvalue weighted by atomic mass is 10.00. The molecule has 0 radical (unpaired) electrons. The first-order chi connectivity index (χ1) is 29.0. The number of piperazine rings is 1. The van der Waals surface area contributed by atoms with E-state index in [4.69, 9.17) is 9.47 Å². The van der Waals surface area contributed by atoms with E-state index in [2.05, 4.69) is 15.1 Å². The Morgan fingerprint density at radius 1 is 0.787 bits per heavy atom. The highest BCUT2D eigenvalue weighted by atomic mass is 16.6. The van der Waals surface area contributed by atoms with Crippen LogP contribution in [0.15, 0.2) is 36.4 Å². The number of likely N-dealkylation sites (tertiary alicyclic amines) is 3. The number of benzene rings is 2. The van der Waals surface area contributed by atoms with E-state index in [-0.39, 0.29) is 62.5 Å². The van der Waals surface area contributed by atoms with Crippen molar-refractivity contribution < 1.29 is 38.6 Å². The molecule has 334 valence electrons. The Balaban J connectivity index is 0.00000622. The molecule has 5 heterocycles. The van der Waals surface area contributed by atoms with E-state index >= 15 is 0 Å². The zero-order valence-corrected chi connectivity index (χ0v) is 35.4.